The number of aromatic amines is 1. The number of H-pyrrole nitrogens is 1. The Hall–Kier alpha value is -2.79. The summed E-state index contributed by atoms with van der Waals surface area (Å²) in [5, 5.41) is 1.28. The first-order valence-corrected chi connectivity index (χ1v) is 9.17. The molecule has 2 aromatic carbocycles. The van der Waals surface area contributed by atoms with Gasteiger partial charge in [0, 0.05) is 30.2 Å². The largest absolute Gasteiger partial charge is 0.420 e. The molecule has 1 saturated heterocycles. The lowest BCUT2D eigenvalue weighted by molar-refractivity contribution is 0.168. The van der Waals surface area contributed by atoms with Crippen molar-refractivity contribution in [1.29, 1.82) is 0 Å². The van der Waals surface area contributed by atoms with E-state index in [-0.39, 0.29) is 11.8 Å². The number of benzene rings is 2. The van der Waals surface area contributed by atoms with Crippen LogP contribution in [-0.4, -0.2) is 27.5 Å². The van der Waals surface area contributed by atoms with Gasteiger partial charge in [0.15, 0.2) is 5.58 Å². The molecule has 132 valence electrons. The van der Waals surface area contributed by atoms with E-state index in [4.69, 9.17) is 4.42 Å². The van der Waals surface area contributed by atoms with Crippen LogP contribution in [0.5, 0.6) is 0 Å². The zero-order valence-electron chi connectivity index (χ0n) is 14.5. The highest BCUT2D eigenvalue weighted by atomic mass is 16.4. The second-order valence-electron chi connectivity index (χ2n) is 7.10. The van der Waals surface area contributed by atoms with E-state index in [1.54, 1.807) is 0 Å². The van der Waals surface area contributed by atoms with Crippen molar-refractivity contribution in [3.05, 3.63) is 70.8 Å². The second kappa shape index (κ2) is 6.18. The van der Waals surface area contributed by atoms with Gasteiger partial charge in [-0.05, 0) is 43.1 Å². The molecule has 5 nitrogen and oxygen atoms in total. The van der Waals surface area contributed by atoms with Gasteiger partial charge in [-0.3, -0.25) is 9.47 Å². The van der Waals surface area contributed by atoms with Crippen LogP contribution < -0.4 is 5.76 Å². The van der Waals surface area contributed by atoms with Crippen LogP contribution in [0.3, 0.4) is 0 Å². The Morgan fingerprint density at radius 1 is 1.12 bits per heavy atom. The number of rotatable bonds is 3. The lowest BCUT2D eigenvalue weighted by Gasteiger charge is -2.32. The fraction of sp³-hybridized carbons (Fsp3) is 0.286. The molecule has 0 aliphatic carbocycles. The fourth-order valence-electron chi connectivity index (χ4n) is 4.22. The number of piperidine rings is 1. The first kappa shape index (κ1) is 15.5. The second-order valence-corrected chi connectivity index (χ2v) is 7.10. The maximum atomic E-state index is 12.4. The predicted molar refractivity (Wildman–Crippen MR) is 102 cm³/mol. The average molecular weight is 347 g/mol. The van der Waals surface area contributed by atoms with E-state index in [1.807, 2.05) is 28.8 Å². The van der Waals surface area contributed by atoms with Gasteiger partial charge < -0.3 is 9.40 Å². The number of para-hydroxylation sites is 3. The van der Waals surface area contributed by atoms with Gasteiger partial charge in [0.05, 0.1) is 11.6 Å². The van der Waals surface area contributed by atoms with Crippen molar-refractivity contribution < 1.29 is 4.42 Å². The van der Waals surface area contributed by atoms with Crippen LogP contribution in [0.4, 0.5) is 0 Å². The number of likely N-dealkylation sites (tertiary alicyclic amines) is 1. The van der Waals surface area contributed by atoms with E-state index in [0.29, 0.717) is 5.58 Å². The molecule has 1 unspecified atom stereocenters. The zero-order valence-corrected chi connectivity index (χ0v) is 14.5. The van der Waals surface area contributed by atoms with Crippen LogP contribution in [-0.2, 0) is 6.54 Å². The van der Waals surface area contributed by atoms with Crippen LogP contribution >= 0.6 is 0 Å². The van der Waals surface area contributed by atoms with Gasteiger partial charge in [-0.1, -0.05) is 30.3 Å². The summed E-state index contributed by atoms with van der Waals surface area (Å²) >= 11 is 0. The van der Waals surface area contributed by atoms with Gasteiger partial charge in [0.25, 0.3) is 0 Å². The van der Waals surface area contributed by atoms with E-state index in [0.717, 1.165) is 38.0 Å². The van der Waals surface area contributed by atoms with Gasteiger partial charge >= 0.3 is 5.76 Å². The molecule has 0 saturated carbocycles. The minimum Gasteiger partial charge on any atom is -0.408 e. The molecule has 0 radical (unpaired) electrons. The Labute approximate surface area is 150 Å². The number of fused-ring (bicyclic) bond motifs is 2. The van der Waals surface area contributed by atoms with Gasteiger partial charge in [0.2, 0.25) is 0 Å². The first-order chi connectivity index (χ1) is 12.8. The topological polar surface area (TPSA) is 54.2 Å². The minimum absolute atomic E-state index is 0.158. The van der Waals surface area contributed by atoms with E-state index in [2.05, 4.69) is 40.3 Å². The number of oxazole rings is 1. The molecule has 4 aromatic rings. The summed E-state index contributed by atoms with van der Waals surface area (Å²) in [4.78, 5) is 18.2. The van der Waals surface area contributed by atoms with Crippen molar-refractivity contribution in [2.45, 2.75) is 25.4 Å². The van der Waals surface area contributed by atoms with Crippen molar-refractivity contribution in [3.63, 3.8) is 0 Å². The monoisotopic (exact) mass is 347 g/mol. The molecule has 2 aromatic heterocycles. The smallest absolute Gasteiger partial charge is 0.408 e. The Balaban J connectivity index is 1.43. The summed E-state index contributed by atoms with van der Waals surface area (Å²) < 4.78 is 7.28. The number of nitrogens with zero attached hydrogens (tertiary/aromatic N) is 2. The molecule has 0 amide bonds. The zero-order chi connectivity index (χ0) is 17.5. The van der Waals surface area contributed by atoms with E-state index in [1.165, 1.54) is 16.5 Å². The van der Waals surface area contributed by atoms with Crippen LogP contribution in [0.2, 0.25) is 0 Å². The summed E-state index contributed by atoms with van der Waals surface area (Å²) in [6, 6.07) is 16.3. The molecule has 5 rings (SSSR count). The molecule has 3 heterocycles. The molecule has 1 aliphatic heterocycles. The Morgan fingerprint density at radius 2 is 1.96 bits per heavy atom. The molecular formula is C21H21N3O2. The maximum Gasteiger partial charge on any atom is 0.420 e. The van der Waals surface area contributed by atoms with Gasteiger partial charge in [0.1, 0.15) is 0 Å². The lowest BCUT2D eigenvalue weighted by Crippen LogP contribution is -2.38. The van der Waals surface area contributed by atoms with Crippen LogP contribution in [0, 0.1) is 0 Å². The molecule has 1 atom stereocenters. The third kappa shape index (κ3) is 2.56. The number of hydrogen-bond acceptors (Lipinski definition) is 3. The van der Waals surface area contributed by atoms with Crippen molar-refractivity contribution in [2.24, 2.45) is 0 Å². The van der Waals surface area contributed by atoms with Crippen LogP contribution in [0.25, 0.3) is 22.0 Å². The molecule has 1 N–H and O–H groups in total. The van der Waals surface area contributed by atoms with Crippen LogP contribution in [0.1, 0.15) is 24.4 Å². The van der Waals surface area contributed by atoms with E-state index < -0.39 is 0 Å². The van der Waals surface area contributed by atoms with E-state index >= 15 is 0 Å². The first-order valence-electron chi connectivity index (χ1n) is 9.17. The van der Waals surface area contributed by atoms with E-state index in [9.17, 15) is 4.79 Å². The summed E-state index contributed by atoms with van der Waals surface area (Å²) in [6.07, 6.45) is 4.19. The molecule has 0 bridgehead atoms. The molecule has 5 heteroatoms. The SMILES string of the molecule is O=c1oc2ccccc2n1C1CCCN(Cc2c[nH]c3ccccc23)C1. The number of aromatic nitrogens is 2. The summed E-state index contributed by atoms with van der Waals surface area (Å²) in [7, 11) is 0. The quantitative estimate of drug-likeness (QED) is 0.611. The van der Waals surface area contributed by atoms with Crippen molar-refractivity contribution >= 4 is 22.0 Å². The Bertz CT molecular complexity index is 1120. The summed E-state index contributed by atoms with van der Waals surface area (Å²) in [5.41, 5.74) is 4.06. The van der Waals surface area contributed by atoms with Crippen molar-refractivity contribution in [3.8, 4) is 0 Å². The number of nitrogens with one attached hydrogen (secondary N) is 1. The summed E-state index contributed by atoms with van der Waals surface area (Å²) in [5.74, 6) is -0.245. The highest BCUT2D eigenvalue weighted by Gasteiger charge is 2.25. The normalized spacial score (nSPS) is 18.7. The maximum absolute atomic E-state index is 12.4. The molecule has 1 fully saturated rings. The molecule has 1 aliphatic rings. The van der Waals surface area contributed by atoms with Gasteiger partial charge in [-0.15, -0.1) is 0 Å². The molecule has 0 spiro atoms. The summed E-state index contributed by atoms with van der Waals surface area (Å²) in [6.45, 7) is 2.81. The van der Waals surface area contributed by atoms with Crippen molar-refractivity contribution in [1.82, 2.24) is 14.5 Å². The van der Waals surface area contributed by atoms with Crippen LogP contribution in [0.15, 0.2) is 63.9 Å². The Kier molecular flexibility index (Phi) is 3.68. The predicted octanol–water partition coefficient (Wildman–Crippen LogP) is 3.91. The average Bonchev–Trinajstić information content (AvgIpc) is 3.22. The standard InChI is InChI=1S/C21H21N3O2/c25-21-24(19-9-3-4-10-20(19)26-21)16-6-5-11-23(14-16)13-15-12-22-18-8-2-1-7-17(15)18/h1-4,7-10,12,16,22H,5-6,11,13-14H2. The lowest BCUT2D eigenvalue weighted by atomic mass is 10.0. The minimum atomic E-state index is -0.245. The molecule has 26 heavy (non-hydrogen) atoms. The third-order valence-corrected chi connectivity index (χ3v) is 5.43. The highest BCUT2D eigenvalue weighted by molar-refractivity contribution is 5.83. The fourth-order valence-corrected chi connectivity index (χ4v) is 4.22. The Morgan fingerprint density at radius 3 is 2.92 bits per heavy atom. The number of hydrogen-bond donors (Lipinski definition) is 1. The van der Waals surface area contributed by atoms with Crippen molar-refractivity contribution in [2.75, 3.05) is 13.1 Å². The van der Waals surface area contributed by atoms with Gasteiger partial charge in [-0.2, -0.15) is 0 Å². The molecular weight excluding hydrogens is 326 g/mol. The third-order valence-electron chi connectivity index (χ3n) is 5.43. The highest BCUT2D eigenvalue weighted by Crippen LogP contribution is 2.27. The van der Waals surface area contributed by atoms with Gasteiger partial charge in [-0.25, -0.2) is 4.79 Å².